The van der Waals surface area contributed by atoms with Crippen molar-refractivity contribution in [3.8, 4) is 22.6 Å². The van der Waals surface area contributed by atoms with Crippen LogP contribution in [-0.4, -0.2) is 16.8 Å². The zero-order chi connectivity index (χ0) is 22.1. The fourth-order valence-corrected chi connectivity index (χ4v) is 4.76. The van der Waals surface area contributed by atoms with Crippen molar-refractivity contribution in [2.24, 2.45) is 5.14 Å². The van der Waals surface area contributed by atoms with E-state index >= 15 is 0 Å². The van der Waals surface area contributed by atoms with E-state index in [2.05, 4.69) is 4.72 Å². The summed E-state index contributed by atoms with van der Waals surface area (Å²) in [6.45, 7) is 0. The van der Waals surface area contributed by atoms with Gasteiger partial charge in [-0.2, -0.15) is 0 Å². The molecule has 0 unspecified atom stereocenters. The lowest BCUT2D eigenvalue weighted by Crippen LogP contribution is -2.17. The molecule has 2 aliphatic rings. The molecule has 0 spiro atoms. The van der Waals surface area contributed by atoms with Gasteiger partial charge in [0.2, 0.25) is 10.0 Å². The summed E-state index contributed by atoms with van der Waals surface area (Å²) in [5.41, 5.74) is 2.17. The summed E-state index contributed by atoms with van der Waals surface area (Å²) < 4.78 is 56.8. The maximum atomic E-state index is 12.6. The van der Waals surface area contributed by atoms with Crippen LogP contribution in [0.4, 0.5) is 5.69 Å². The van der Waals surface area contributed by atoms with Crippen LogP contribution in [0.2, 0.25) is 0 Å². The summed E-state index contributed by atoms with van der Waals surface area (Å²) in [4.78, 5) is -0.311. The van der Waals surface area contributed by atoms with Crippen molar-refractivity contribution in [2.75, 3.05) is 4.72 Å². The minimum Gasteiger partial charge on any atom is -0.456 e. The number of primary sulfonamides is 1. The van der Waals surface area contributed by atoms with Crippen LogP contribution in [0.25, 0.3) is 28.7 Å². The number of benzene rings is 2. The molecule has 0 amide bonds. The molecular weight excluding hydrogens is 436 g/mol. The minimum absolute atomic E-state index is 0.125. The van der Waals surface area contributed by atoms with Gasteiger partial charge in [0, 0.05) is 11.1 Å². The fraction of sp³-hybridized carbons (Fsp3) is 0. The highest BCUT2D eigenvalue weighted by molar-refractivity contribution is 7.95. The topological polar surface area (TPSA) is 119 Å². The number of nitrogens with two attached hydrogens (primary N) is 1. The zero-order valence-electron chi connectivity index (χ0n) is 16.1. The number of rotatable bonds is 6. The summed E-state index contributed by atoms with van der Waals surface area (Å²) >= 11 is 0. The first kappa shape index (κ1) is 20.9. The third-order valence-corrected chi connectivity index (χ3v) is 6.51. The van der Waals surface area contributed by atoms with Gasteiger partial charge in [-0.25, -0.2) is 22.0 Å². The maximum Gasteiger partial charge on any atom is 0.255 e. The molecule has 0 atom stereocenters. The Morgan fingerprint density at radius 2 is 1.52 bits per heavy atom. The number of nitrogens with one attached hydrogen (secondary N) is 1. The van der Waals surface area contributed by atoms with Crippen LogP contribution >= 0.6 is 0 Å². The quantitative estimate of drug-likeness (QED) is 0.454. The Hall–Kier alpha value is -3.40. The molecule has 2 aromatic rings. The molecule has 3 N–H and O–H groups in total. The van der Waals surface area contributed by atoms with E-state index in [1.165, 1.54) is 30.3 Å². The average Bonchev–Trinajstić information content (AvgIpc) is 3.20. The van der Waals surface area contributed by atoms with Gasteiger partial charge in [0.15, 0.2) is 0 Å². The molecule has 0 saturated heterocycles. The van der Waals surface area contributed by atoms with Crippen LogP contribution in [-0.2, 0) is 20.0 Å². The molecule has 0 saturated carbocycles. The van der Waals surface area contributed by atoms with Gasteiger partial charge in [0.25, 0.3) is 10.0 Å². The van der Waals surface area contributed by atoms with Crippen molar-refractivity contribution >= 4 is 31.8 Å². The lowest BCUT2D eigenvalue weighted by atomic mass is 10.0. The Morgan fingerprint density at radius 3 is 2.32 bits per heavy atom. The standard InChI is InChI=1S/C22H18N2O5S2/c23-31(27,28)22-11-4-3-9-19(22)24-30(25,26)15-14-16-6-1-2-8-18(16)21-13-12-17-7-5-10-20(17)29-21/h1-15,24H,(H2,23,27,28)/b15-14+. The van der Waals surface area contributed by atoms with E-state index in [0.29, 0.717) is 16.9 Å². The van der Waals surface area contributed by atoms with Crippen molar-refractivity contribution < 1.29 is 21.3 Å². The Kier molecular flexibility index (Phi) is 5.40. The van der Waals surface area contributed by atoms with Crippen molar-refractivity contribution in [1.29, 1.82) is 0 Å². The van der Waals surface area contributed by atoms with Crippen molar-refractivity contribution in [3.63, 3.8) is 0 Å². The number of hydrogen-bond acceptors (Lipinski definition) is 5. The number of sulfonamides is 2. The Bertz CT molecular complexity index is 1450. The molecule has 4 rings (SSSR count). The monoisotopic (exact) mass is 454 g/mol. The van der Waals surface area contributed by atoms with Crippen molar-refractivity contribution in [3.05, 3.63) is 89.8 Å². The lowest BCUT2D eigenvalue weighted by molar-refractivity contribution is 0.583. The molecule has 158 valence electrons. The smallest absolute Gasteiger partial charge is 0.255 e. The van der Waals surface area contributed by atoms with Gasteiger partial charge in [0.05, 0.1) is 11.1 Å². The Morgan fingerprint density at radius 1 is 0.774 bits per heavy atom. The van der Waals surface area contributed by atoms with E-state index < -0.39 is 20.0 Å². The number of para-hydroxylation sites is 1. The fourth-order valence-electron chi connectivity index (χ4n) is 3.13. The van der Waals surface area contributed by atoms with Crippen LogP contribution in [0.3, 0.4) is 0 Å². The van der Waals surface area contributed by atoms with Gasteiger partial charge in [-0.3, -0.25) is 4.72 Å². The van der Waals surface area contributed by atoms with E-state index in [1.807, 2.05) is 42.5 Å². The zero-order valence-corrected chi connectivity index (χ0v) is 17.7. The van der Waals surface area contributed by atoms with E-state index in [1.54, 1.807) is 12.1 Å². The Labute approximate surface area is 180 Å². The van der Waals surface area contributed by atoms with Crippen molar-refractivity contribution in [2.45, 2.75) is 4.90 Å². The molecular formula is C22H18N2O5S2. The summed E-state index contributed by atoms with van der Waals surface area (Å²) in [5, 5.41) is 6.13. The predicted octanol–water partition coefficient (Wildman–Crippen LogP) is 4.11. The van der Waals surface area contributed by atoms with E-state index in [9.17, 15) is 16.8 Å². The number of fused-ring (bicyclic) bond motifs is 1. The minimum atomic E-state index is -4.09. The SMILES string of the molecule is NS(=O)(=O)c1ccccc1NS(=O)(=O)/C=C/c1ccccc1-c1ccc2cccc-2o1. The third-order valence-electron chi connectivity index (χ3n) is 4.54. The molecule has 9 heteroatoms. The van der Waals surface area contributed by atoms with Gasteiger partial charge in [-0.05, 0) is 42.0 Å². The summed E-state index contributed by atoms with van der Waals surface area (Å²) in [6.07, 6.45) is 1.42. The molecule has 7 nitrogen and oxygen atoms in total. The molecule has 1 aliphatic carbocycles. The first-order valence-corrected chi connectivity index (χ1v) is 12.2. The molecule has 0 bridgehead atoms. The maximum absolute atomic E-state index is 12.6. The number of anilines is 1. The first-order chi connectivity index (χ1) is 14.7. The highest BCUT2D eigenvalue weighted by Crippen LogP contribution is 2.31. The summed E-state index contributed by atoms with van der Waals surface area (Å²) in [7, 11) is -8.11. The van der Waals surface area contributed by atoms with Crippen LogP contribution in [0.1, 0.15) is 5.56 Å². The van der Waals surface area contributed by atoms with Crippen LogP contribution in [0, 0.1) is 0 Å². The average molecular weight is 455 g/mol. The second-order valence-electron chi connectivity index (χ2n) is 6.72. The molecule has 0 radical (unpaired) electrons. The second kappa shape index (κ2) is 8.03. The van der Waals surface area contributed by atoms with E-state index in [0.717, 1.165) is 16.7 Å². The molecule has 2 aromatic carbocycles. The van der Waals surface area contributed by atoms with Crippen LogP contribution in [0.5, 0.6) is 0 Å². The number of hydrogen-bond donors (Lipinski definition) is 2. The van der Waals surface area contributed by atoms with Crippen LogP contribution < -0.4 is 9.86 Å². The molecule has 0 aromatic heterocycles. The predicted molar refractivity (Wildman–Crippen MR) is 120 cm³/mol. The Balaban J connectivity index is 1.66. The van der Waals surface area contributed by atoms with Gasteiger partial charge < -0.3 is 4.42 Å². The molecule has 1 aliphatic heterocycles. The normalized spacial score (nSPS) is 12.4. The molecule has 1 heterocycles. The van der Waals surface area contributed by atoms with Crippen molar-refractivity contribution in [1.82, 2.24) is 0 Å². The lowest BCUT2D eigenvalue weighted by Gasteiger charge is -2.10. The highest BCUT2D eigenvalue weighted by atomic mass is 32.2. The second-order valence-corrected chi connectivity index (χ2v) is 9.82. The summed E-state index contributed by atoms with van der Waals surface area (Å²) in [5.74, 6) is 1.31. The van der Waals surface area contributed by atoms with Gasteiger partial charge in [0.1, 0.15) is 16.4 Å². The van der Waals surface area contributed by atoms with E-state index in [4.69, 9.17) is 9.56 Å². The largest absolute Gasteiger partial charge is 0.456 e. The molecule has 31 heavy (non-hydrogen) atoms. The molecule has 0 fully saturated rings. The van der Waals surface area contributed by atoms with Gasteiger partial charge in [-0.1, -0.05) is 48.5 Å². The van der Waals surface area contributed by atoms with Crippen LogP contribution in [0.15, 0.2) is 93.6 Å². The summed E-state index contributed by atoms with van der Waals surface area (Å²) in [6, 6.07) is 22.1. The van der Waals surface area contributed by atoms with E-state index in [-0.39, 0.29) is 10.6 Å². The third kappa shape index (κ3) is 4.69. The first-order valence-electron chi connectivity index (χ1n) is 9.14. The highest BCUT2D eigenvalue weighted by Gasteiger charge is 2.17. The van der Waals surface area contributed by atoms with Gasteiger partial charge >= 0.3 is 0 Å². The van der Waals surface area contributed by atoms with Gasteiger partial charge in [-0.15, -0.1) is 0 Å².